The van der Waals surface area contributed by atoms with Gasteiger partial charge in [-0.05, 0) is 34.2 Å². The van der Waals surface area contributed by atoms with E-state index < -0.39 is 11.1 Å². The van der Waals surface area contributed by atoms with Crippen molar-refractivity contribution in [2.75, 3.05) is 0 Å². The van der Waals surface area contributed by atoms with Crippen LogP contribution >= 0.6 is 34.2 Å². The van der Waals surface area contributed by atoms with Crippen LogP contribution in [0.2, 0.25) is 0 Å². The van der Waals surface area contributed by atoms with Crippen LogP contribution in [0.4, 0.5) is 4.39 Å². The minimum atomic E-state index is -0.693. The largest absolute Gasteiger partial charge is 0.276 e. The molecule has 58 valence electrons. The zero-order chi connectivity index (χ0) is 8.43. The maximum atomic E-state index is 12.7. The van der Waals surface area contributed by atoms with E-state index in [4.69, 9.17) is 11.6 Å². The van der Waals surface area contributed by atoms with Crippen LogP contribution in [-0.2, 0) is 0 Å². The van der Waals surface area contributed by atoms with Crippen molar-refractivity contribution in [2.24, 2.45) is 0 Å². The molecule has 2 nitrogen and oxygen atoms in total. The monoisotopic (exact) mass is 285 g/mol. The van der Waals surface area contributed by atoms with E-state index >= 15 is 0 Å². The van der Waals surface area contributed by atoms with E-state index in [-0.39, 0.29) is 9.13 Å². The molecular formula is C6H2ClFINO. The standard InChI is InChI=1S/C6H2ClFINO/c7-6(11)3-1-10-2-4(8)5(3)9/h1-2H. The Balaban J connectivity index is 3.27. The number of carbonyl (C=O) groups excluding carboxylic acids is 1. The fourth-order valence-electron chi connectivity index (χ4n) is 0.556. The summed E-state index contributed by atoms with van der Waals surface area (Å²) in [4.78, 5) is 14.1. The van der Waals surface area contributed by atoms with E-state index in [1.54, 1.807) is 22.6 Å². The predicted molar refractivity (Wildman–Crippen MR) is 47.1 cm³/mol. The summed E-state index contributed by atoms with van der Waals surface area (Å²) in [6.07, 6.45) is 2.27. The Morgan fingerprint density at radius 2 is 2.27 bits per heavy atom. The van der Waals surface area contributed by atoms with Crippen LogP contribution in [0.3, 0.4) is 0 Å². The van der Waals surface area contributed by atoms with Gasteiger partial charge >= 0.3 is 0 Å². The van der Waals surface area contributed by atoms with E-state index in [0.717, 1.165) is 6.20 Å². The molecule has 1 aromatic heterocycles. The second-order valence-electron chi connectivity index (χ2n) is 1.76. The first-order valence-corrected chi connectivity index (χ1v) is 4.07. The van der Waals surface area contributed by atoms with Crippen molar-refractivity contribution in [1.29, 1.82) is 0 Å². The first kappa shape index (κ1) is 8.86. The molecule has 0 unspecified atom stereocenters. The summed E-state index contributed by atoms with van der Waals surface area (Å²) in [6, 6.07) is 0. The highest BCUT2D eigenvalue weighted by molar-refractivity contribution is 14.1. The molecule has 0 amide bonds. The number of halogens is 3. The molecule has 0 atom stereocenters. The summed E-state index contributed by atoms with van der Waals surface area (Å²) in [5.74, 6) is -0.530. The average Bonchev–Trinajstić information content (AvgIpc) is 1.94. The lowest BCUT2D eigenvalue weighted by molar-refractivity contribution is 0.107. The Kier molecular flexibility index (Phi) is 2.78. The Morgan fingerprint density at radius 3 is 2.73 bits per heavy atom. The molecule has 1 heterocycles. The van der Waals surface area contributed by atoms with Crippen LogP contribution in [0.15, 0.2) is 12.4 Å². The molecule has 0 fully saturated rings. The van der Waals surface area contributed by atoms with Gasteiger partial charge in [0.25, 0.3) is 5.24 Å². The number of aromatic nitrogens is 1. The van der Waals surface area contributed by atoms with Gasteiger partial charge in [-0.3, -0.25) is 9.78 Å². The van der Waals surface area contributed by atoms with Crippen LogP contribution < -0.4 is 0 Å². The lowest BCUT2D eigenvalue weighted by atomic mass is 10.3. The van der Waals surface area contributed by atoms with Crippen LogP contribution in [0.25, 0.3) is 0 Å². The highest BCUT2D eigenvalue weighted by atomic mass is 127. The third-order valence-electron chi connectivity index (χ3n) is 1.05. The van der Waals surface area contributed by atoms with Crippen LogP contribution in [0.1, 0.15) is 10.4 Å². The number of rotatable bonds is 1. The zero-order valence-electron chi connectivity index (χ0n) is 5.14. The molecule has 0 saturated carbocycles. The number of pyridine rings is 1. The van der Waals surface area contributed by atoms with E-state index in [9.17, 15) is 9.18 Å². The molecule has 0 bridgehead atoms. The third-order valence-corrected chi connectivity index (χ3v) is 2.35. The summed E-state index contributed by atoms with van der Waals surface area (Å²) in [5, 5.41) is -0.693. The van der Waals surface area contributed by atoms with Crippen LogP contribution in [0.5, 0.6) is 0 Å². The highest BCUT2D eigenvalue weighted by Gasteiger charge is 2.10. The van der Waals surface area contributed by atoms with Gasteiger partial charge in [-0.15, -0.1) is 0 Å². The van der Waals surface area contributed by atoms with Gasteiger partial charge in [-0.1, -0.05) is 0 Å². The maximum absolute atomic E-state index is 12.7. The van der Waals surface area contributed by atoms with Gasteiger partial charge in [-0.2, -0.15) is 0 Å². The van der Waals surface area contributed by atoms with Crippen molar-refractivity contribution >= 4 is 39.4 Å². The zero-order valence-corrected chi connectivity index (χ0v) is 8.06. The van der Waals surface area contributed by atoms with E-state index in [0.29, 0.717) is 0 Å². The number of hydrogen-bond donors (Lipinski definition) is 0. The molecule has 0 spiro atoms. The quantitative estimate of drug-likeness (QED) is 0.585. The van der Waals surface area contributed by atoms with Crippen molar-refractivity contribution in [3.63, 3.8) is 0 Å². The van der Waals surface area contributed by atoms with Gasteiger partial charge in [0.15, 0.2) is 5.82 Å². The molecule has 0 saturated heterocycles. The smallest absolute Gasteiger partial charge is 0.255 e. The van der Waals surface area contributed by atoms with Crippen LogP contribution in [-0.4, -0.2) is 10.2 Å². The number of nitrogens with zero attached hydrogens (tertiary/aromatic N) is 1. The lowest BCUT2D eigenvalue weighted by Crippen LogP contribution is -1.97. The summed E-state index contributed by atoms with van der Waals surface area (Å²) in [5.41, 5.74) is 0.104. The predicted octanol–water partition coefficient (Wildman–Crippen LogP) is 2.20. The third kappa shape index (κ3) is 1.87. The summed E-state index contributed by atoms with van der Waals surface area (Å²) < 4.78 is 12.9. The van der Waals surface area contributed by atoms with Gasteiger partial charge in [-0.25, -0.2) is 4.39 Å². The summed E-state index contributed by atoms with van der Waals surface area (Å²) >= 11 is 6.83. The Bertz CT molecular complexity index is 305. The molecule has 0 aliphatic rings. The van der Waals surface area contributed by atoms with E-state index in [1.165, 1.54) is 6.20 Å². The fraction of sp³-hybridized carbons (Fsp3) is 0. The van der Waals surface area contributed by atoms with Crippen molar-refractivity contribution < 1.29 is 9.18 Å². The minimum absolute atomic E-state index is 0.104. The lowest BCUT2D eigenvalue weighted by Gasteiger charge is -1.96. The molecule has 0 N–H and O–H groups in total. The van der Waals surface area contributed by atoms with Gasteiger partial charge in [0.05, 0.1) is 15.3 Å². The summed E-state index contributed by atoms with van der Waals surface area (Å²) in [7, 11) is 0. The fourth-order valence-corrected chi connectivity index (χ4v) is 1.38. The van der Waals surface area contributed by atoms with E-state index in [1.807, 2.05) is 0 Å². The molecular weight excluding hydrogens is 283 g/mol. The van der Waals surface area contributed by atoms with Crippen molar-refractivity contribution in [1.82, 2.24) is 4.98 Å². The topological polar surface area (TPSA) is 30.0 Å². The van der Waals surface area contributed by atoms with Gasteiger partial charge in [0.2, 0.25) is 0 Å². The Hall–Kier alpha value is -0.230. The molecule has 0 aliphatic heterocycles. The molecule has 0 aromatic carbocycles. The van der Waals surface area contributed by atoms with Crippen LogP contribution in [0, 0.1) is 9.39 Å². The van der Waals surface area contributed by atoms with Crippen molar-refractivity contribution in [3.05, 3.63) is 27.3 Å². The average molecular weight is 285 g/mol. The number of hydrogen-bond acceptors (Lipinski definition) is 2. The second-order valence-corrected chi connectivity index (χ2v) is 3.18. The SMILES string of the molecule is O=C(Cl)c1cncc(F)c1I. The molecule has 0 radical (unpaired) electrons. The van der Waals surface area contributed by atoms with Crippen molar-refractivity contribution in [3.8, 4) is 0 Å². The normalized spacial score (nSPS) is 9.73. The van der Waals surface area contributed by atoms with E-state index in [2.05, 4.69) is 4.98 Å². The Morgan fingerprint density at radius 1 is 1.64 bits per heavy atom. The summed E-state index contributed by atoms with van der Waals surface area (Å²) in [6.45, 7) is 0. The number of carbonyl (C=O) groups is 1. The highest BCUT2D eigenvalue weighted by Crippen LogP contribution is 2.15. The van der Waals surface area contributed by atoms with Crippen molar-refractivity contribution in [2.45, 2.75) is 0 Å². The first-order valence-electron chi connectivity index (χ1n) is 2.61. The molecule has 1 rings (SSSR count). The molecule has 5 heteroatoms. The van der Waals surface area contributed by atoms with Gasteiger partial charge in [0, 0.05) is 6.20 Å². The molecule has 11 heavy (non-hydrogen) atoms. The maximum Gasteiger partial charge on any atom is 0.255 e. The molecule has 0 aliphatic carbocycles. The minimum Gasteiger partial charge on any atom is -0.276 e. The first-order chi connectivity index (χ1) is 5.13. The van der Waals surface area contributed by atoms with Gasteiger partial charge < -0.3 is 0 Å². The second kappa shape index (κ2) is 3.44. The van der Waals surface area contributed by atoms with Gasteiger partial charge in [0.1, 0.15) is 0 Å². The molecule has 1 aromatic rings. The Labute approximate surface area is 80.9 Å².